The van der Waals surface area contributed by atoms with Gasteiger partial charge in [-0.05, 0) is 24.5 Å². The third-order valence-electron chi connectivity index (χ3n) is 4.96. The van der Waals surface area contributed by atoms with Crippen LogP contribution in [0, 0.1) is 11.6 Å². The Morgan fingerprint density at radius 1 is 1.34 bits per heavy atom. The lowest BCUT2D eigenvalue weighted by Gasteiger charge is -2.23. The van der Waals surface area contributed by atoms with Crippen molar-refractivity contribution in [2.24, 2.45) is 0 Å². The molecule has 0 spiro atoms. The number of alkyl halides is 3. The molecule has 2 heterocycles. The van der Waals surface area contributed by atoms with Crippen LogP contribution in [-0.2, 0) is 11.3 Å². The van der Waals surface area contributed by atoms with Crippen LogP contribution >= 0.6 is 0 Å². The number of halogens is 5. The summed E-state index contributed by atoms with van der Waals surface area (Å²) in [6, 6.07) is 2.72. The van der Waals surface area contributed by atoms with Crippen molar-refractivity contribution in [2.75, 3.05) is 7.11 Å². The van der Waals surface area contributed by atoms with Crippen molar-refractivity contribution in [2.45, 2.75) is 43.6 Å². The summed E-state index contributed by atoms with van der Waals surface area (Å²) in [6.07, 6.45) is -7.10. The minimum atomic E-state index is -4.74. The van der Waals surface area contributed by atoms with Crippen molar-refractivity contribution in [1.82, 2.24) is 14.9 Å². The number of rotatable bonds is 4. The molecule has 29 heavy (non-hydrogen) atoms. The summed E-state index contributed by atoms with van der Waals surface area (Å²) in [4.78, 5) is 15.1. The maximum Gasteiger partial charge on any atom is 0.420 e. The van der Waals surface area contributed by atoms with E-state index in [9.17, 15) is 26.7 Å². The Bertz CT molecular complexity index is 899. The minimum Gasteiger partial charge on any atom is -0.465 e. The van der Waals surface area contributed by atoms with E-state index in [0.29, 0.717) is 0 Å². The minimum absolute atomic E-state index is 0.00699. The van der Waals surface area contributed by atoms with Gasteiger partial charge in [0.2, 0.25) is 0 Å². The number of nitrogens with one attached hydrogen (secondary N) is 1. The third kappa shape index (κ3) is 4.19. The molecule has 0 aliphatic carbocycles. The average molecular weight is 419 g/mol. The van der Waals surface area contributed by atoms with Crippen molar-refractivity contribution < 1.29 is 36.6 Å². The van der Waals surface area contributed by atoms with Gasteiger partial charge in [-0.2, -0.15) is 13.2 Å². The van der Waals surface area contributed by atoms with E-state index >= 15 is 0 Å². The van der Waals surface area contributed by atoms with Crippen LogP contribution in [0.3, 0.4) is 0 Å². The fourth-order valence-corrected chi connectivity index (χ4v) is 3.70. The summed E-state index contributed by atoms with van der Waals surface area (Å²) >= 11 is 0. The molecule has 6 nitrogen and oxygen atoms in total. The average Bonchev–Trinajstić information content (AvgIpc) is 2.93. The van der Waals surface area contributed by atoms with E-state index in [1.54, 1.807) is 0 Å². The standard InChI is InChI=1S/C18H18F5N3O3/c1-29-15(18(21,22)23)13-7-24-16-12(25-17(27)28)6-5-9(8-26(13)16)10-3-2-4-11(19)14(10)20/h2-4,7,9,12,15,25H,5-6,8H2,1H3,(H,27,28)/t9-,12-,15?/m1/s1. The van der Waals surface area contributed by atoms with Gasteiger partial charge in [-0.3, -0.25) is 0 Å². The fourth-order valence-electron chi connectivity index (χ4n) is 3.70. The monoisotopic (exact) mass is 419 g/mol. The van der Waals surface area contributed by atoms with Gasteiger partial charge in [0.1, 0.15) is 5.82 Å². The molecule has 158 valence electrons. The molecule has 0 saturated heterocycles. The third-order valence-corrected chi connectivity index (χ3v) is 4.96. The number of carbonyl (C=O) groups is 1. The van der Waals surface area contributed by atoms with E-state index in [2.05, 4.69) is 15.0 Å². The quantitative estimate of drug-likeness (QED) is 0.725. The number of nitrogens with zero attached hydrogens (tertiary/aromatic N) is 2. The summed E-state index contributed by atoms with van der Waals surface area (Å²) in [7, 11) is 0.894. The summed E-state index contributed by atoms with van der Waals surface area (Å²) in [5.74, 6) is -2.77. The van der Waals surface area contributed by atoms with Crippen LogP contribution < -0.4 is 5.32 Å². The summed E-state index contributed by atoms with van der Waals surface area (Å²) in [5.41, 5.74) is -0.330. The highest BCUT2D eigenvalue weighted by Gasteiger charge is 2.44. The number of hydrogen-bond donors (Lipinski definition) is 2. The van der Waals surface area contributed by atoms with Crippen LogP contribution in [0.1, 0.15) is 48.0 Å². The Kier molecular flexibility index (Phi) is 5.78. The van der Waals surface area contributed by atoms with Crippen molar-refractivity contribution >= 4 is 6.09 Å². The topological polar surface area (TPSA) is 76.4 Å². The second kappa shape index (κ2) is 7.97. The van der Waals surface area contributed by atoms with Crippen molar-refractivity contribution in [3.8, 4) is 0 Å². The summed E-state index contributed by atoms with van der Waals surface area (Å²) in [5, 5.41) is 11.3. The van der Waals surface area contributed by atoms with Crippen LogP contribution in [0.5, 0.6) is 0 Å². The molecule has 1 amide bonds. The SMILES string of the molecule is COC(c1cnc2n1C[C@H](c1cccc(F)c1F)CC[C@H]2NC(=O)O)C(F)(F)F. The molecular weight excluding hydrogens is 401 g/mol. The van der Waals surface area contributed by atoms with Gasteiger partial charge < -0.3 is 19.7 Å². The van der Waals surface area contributed by atoms with Gasteiger partial charge in [0.15, 0.2) is 17.7 Å². The van der Waals surface area contributed by atoms with Crippen molar-refractivity contribution in [1.29, 1.82) is 0 Å². The Balaban J connectivity index is 2.09. The first-order valence-corrected chi connectivity index (χ1v) is 8.71. The molecule has 1 aliphatic heterocycles. The molecule has 2 aromatic rings. The highest BCUT2D eigenvalue weighted by atomic mass is 19.4. The van der Waals surface area contributed by atoms with Gasteiger partial charge in [0.05, 0.1) is 17.9 Å². The van der Waals surface area contributed by atoms with Gasteiger partial charge in [-0.1, -0.05) is 12.1 Å². The summed E-state index contributed by atoms with van der Waals surface area (Å²) < 4.78 is 74.1. The smallest absolute Gasteiger partial charge is 0.420 e. The van der Waals surface area contributed by atoms with Crippen molar-refractivity contribution in [3.05, 3.63) is 53.1 Å². The second-order valence-corrected chi connectivity index (χ2v) is 6.73. The zero-order valence-corrected chi connectivity index (χ0v) is 15.2. The second-order valence-electron chi connectivity index (χ2n) is 6.73. The van der Waals surface area contributed by atoms with Gasteiger partial charge >= 0.3 is 12.3 Å². The molecular formula is C18H18F5N3O3. The lowest BCUT2D eigenvalue weighted by molar-refractivity contribution is -0.218. The zero-order valence-electron chi connectivity index (χ0n) is 15.2. The molecule has 3 atom stereocenters. The highest BCUT2D eigenvalue weighted by Crippen LogP contribution is 2.40. The molecule has 3 rings (SSSR count). The van der Waals surface area contributed by atoms with Crippen LogP contribution in [0.25, 0.3) is 0 Å². The highest BCUT2D eigenvalue weighted by molar-refractivity contribution is 5.65. The molecule has 0 radical (unpaired) electrons. The number of fused-ring (bicyclic) bond motifs is 1. The van der Waals surface area contributed by atoms with Crippen molar-refractivity contribution in [3.63, 3.8) is 0 Å². The van der Waals surface area contributed by atoms with Crippen LogP contribution in [0.4, 0.5) is 26.7 Å². The Morgan fingerprint density at radius 2 is 2.07 bits per heavy atom. The van der Waals surface area contributed by atoms with Gasteiger partial charge in [-0.25, -0.2) is 18.6 Å². The van der Waals surface area contributed by atoms with Crippen LogP contribution in [0.2, 0.25) is 0 Å². The fraction of sp³-hybridized carbons (Fsp3) is 0.444. The van der Waals surface area contributed by atoms with E-state index in [4.69, 9.17) is 5.11 Å². The molecule has 0 bridgehead atoms. The molecule has 1 aliphatic rings. The van der Waals surface area contributed by atoms with Gasteiger partial charge in [0, 0.05) is 19.6 Å². The summed E-state index contributed by atoms with van der Waals surface area (Å²) in [6.45, 7) is -0.140. The lowest BCUT2D eigenvalue weighted by atomic mass is 9.92. The predicted octanol–water partition coefficient (Wildman–Crippen LogP) is 4.30. The lowest BCUT2D eigenvalue weighted by Crippen LogP contribution is -2.29. The number of amides is 1. The number of methoxy groups -OCH3 is 1. The number of benzene rings is 1. The van der Waals surface area contributed by atoms with E-state index in [-0.39, 0.29) is 36.5 Å². The van der Waals surface area contributed by atoms with Gasteiger partial charge in [-0.15, -0.1) is 0 Å². The molecule has 1 aromatic carbocycles. The van der Waals surface area contributed by atoms with E-state index in [1.807, 2.05) is 0 Å². The van der Waals surface area contributed by atoms with Crippen LogP contribution in [0.15, 0.2) is 24.4 Å². The number of carboxylic acid groups (broad SMARTS) is 1. The maximum atomic E-state index is 14.3. The first kappa shape index (κ1) is 21.0. The molecule has 2 N–H and O–H groups in total. The normalized spacial score (nSPS) is 20.6. The number of imidazole rings is 1. The first-order valence-electron chi connectivity index (χ1n) is 8.71. The zero-order chi connectivity index (χ0) is 21.3. The Labute approximate surface area is 162 Å². The van der Waals surface area contributed by atoms with Gasteiger partial charge in [0.25, 0.3) is 0 Å². The molecule has 1 aromatic heterocycles. The van der Waals surface area contributed by atoms with Crippen LogP contribution in [-0.4, -0.2) is 34.0 Å². The Morgan fingerprint density at radius 3 is 2.69 bits per heavy atom. The molecule has 11 heteroatoms. The number of ether oxygens (including phenoxy) is 1. The molecule has 0 fully saturated rings. The molecule has 1 unspecified atom stereocenters. The molecule has 0 saturated carbocycles. The van der Waals surface area contributed by atoms with E-state index < -0.39 is 42.0 Å². The maximum absolute atomic E-state index is 14.3. The number of aromatic nitrogens is 2. The number of hydrogen-bond acceptors (Lipinski definition) is 3. The first-order chi connectivity index (χ1) is 13.6. The van der Waals surface area contributed by atoms with E-state index in [0.717, 1.165) is 19.4 Å². The van der Waals surface area contributed by atoms with E-state index in [1.165, 1.54) is 16.7 Å². The Hall–Kier alpha value is -2.69. The predicted molar refractivity (Wildman–Crippen MR) is 90.3 cm³/mol. The largest absolute Gasteiger partial charge is 0.465 e.